The van der Waals surface area contributed by atoms with E-state index in [-0.39, 0.29) is 11.8 Å². The number of nitrogens with zero attached hydrogens (tertiary/aromatic N) is 1. The second-order valence-electron chi connectivity index (χ2n) is 8.26. The van der Waals surface area contributed by atoms with Crippen molar-refractivity contribution < 1.29 is 9.59 Å². The van der Waals surface area contributed by atoms with Crippen LogP contribution in [0.25, 0.3) is 0 Å². The summed E-state index contributed by atoms with van der Waals surface area (Å²) in [4.78, 5) is 28.1. The molecule has 2 fully saturated rings. The van der Waals surface area contributed by atoms with Gasteiger partial charge in [0.1, 0.15) is 0 Å². The van der Waals surface area contributed by atoms with Crippen molar-refractivity contribution in [2.75, 3.05) is 6.54 Å². The van der Waals surface area contributed by atoms with Crippen LogP contribution in [-0.2, 0) is 16.0 Å². The first-order chi connectivity index (χ1) is 13.2. The van der Waals surface area contributed by atoms with Gasteiger partial charge in [-0.15, -0.1) is 0 Å². The van der Waals surface area contributed by atoms with Crippen molar-refractivity contribution in [1.29, 1.82) is 0 Å². The van der Waals surface area contributed by atoms with Crippen molar-refractivity contribution in [3.63, 3.8) is 0 Å². The van der Waals surface area contributed by atoms with E-state index < -0.39 is 5.41 Å². The zero-order chi connectivity index (χ0) is 18.7. The van der Waals surface area contributed by atoms with Crippen molar-refractivity contribution in [1.82, 2.24) is 10.2 Å². The van der Waals surface area contributed by atoms with Gasteiger partial charge in [-0.1, -0.05) is 49.2 Å². The number of hydrogen-bond acceptors (Lipinski definition) is 2. The molecule has 1 saturated heterocycles. The van der Waals surface area contributed by atoms with Crippen LogP contribution in [0.3, 0.4) is 0 Å². The van der Waals surface area contributed by atoms with Gasteiger partial charge in [0.2, 0.25) is 11.8 Å². The molecule has 2 aliphatic carbocycles. The maximum atomic E-state index is 13.3. The average Bonchev–Trinajstić information content (AvgIpc) is 3.23. The van der Waals surface area contributed by atoms with E-state index in [9.17, 15) is 9.59 Å². The molecule has 1 aromatic rings. The molecule has 4 heteroatoms. The number of nitrogens with one attached hydrogen (secondary N) is 1. The van der Waals surface area contributed by atoms with Crippen LogP contribution < -0.4 is 5.32 Å². The summed E-state index contributed by atoms with van der Waals surface area (Å²) in [6, 6.07) is 10.6. The Morgan fingerprint density at radius 2 is 1.89 bits per heavy atom. The minimum absolute atomic E-state index is 0.125. The summed E-state index contributed by atoms with van der Waals surface area (Å²) < 4.78 is 0. The molecule has 4 rings (SSSR count). The third-order valence-corrected chi connectivity index (χ3v) is 6.60. The molecule has 1 saturated carbocycles. The van der Waals surface area contributed by atoms with Crippen LogP contribution >= 0.6 is 0 Å². The number of rotatable bonds is 5. The molecule has 27 heavy (non-hydrogen) atoms. The maximum Gasteiger partial charge on any atom is 0.232 e. The molecule has 4 nitrogen and oxygen atoms in total. The Labute approximate surface area is 162 Å². The highest BCUT2D eigenvalue weighted by Crippen LogP contribution is 2.48. The number of likely N-dealkylation sites (tertiary alicyclic amines) is 1. The summed E-state index contributed by atoms with van der Waals surface area (Å²) in [5.41, 5.74) is 1.76. The second-order valence-corrected chi connectivity index (χ2v) is 8.26. The van der Waals surface area contributed by atoms with E-state index in [0.29, 0.717) is 25.4 Å². The molecular weight excluding hydrogens is 336 g/mol. The number of hydrogen-bond donors (Lipinski definition) is 1. The fourth-order valence-corrected chi connectivity index (χ4v) is 5.16. The molecule has 0 bridgehead atoms. The van der Waals surface area contributed by atoms with Gasteiger partial charge in [-0.3, -0.25) is 9.59 Å². The molecule has 144 valence electrons. The van der Waals surface area contributed by atoms with Crippen LogP contribution in [0.2, 0.25) is 0 Å². The van der Waals surface area contributed by atoms with Gasteiger partial charge >= 0.3 is 0 Å². The Balaban J connectivity index is 1.50. The maximum absolute atomic E-state index is 13.3. The lowest BCUT2D eigenvalue weighted by atomic mass is 9.68. The van der Waals surface area contributed by atoms with Gasteiger partial charge in [-0.25, -0.2) is 0 Å². The minimum Gasteiger partial charge on any atom is -0.355 e. The van der Waals surface area contributed by atoms with Crippen molar-refractivity contribution >= 4 is 11.8 Å². The zero-order valence-electron chi connectivity index (χ0n) is 16.1. The molecular formula is C23H30N2O2. The molecule has 0 radical (unpaired) electrons. The van der Waals surface area contributed by atoms with E-state index >= 15 is 0 Å². The normalized spacial score (nSPS) is 25.9. The summed E-state index contributed by atoms with van der Waals surface area (Å²) in [6.07, 6.45) is 11.6. The molecule has 0 aromatic heterocycles. The summed E-state index contributed by atoms with van der Waals surface area (Å²) in [6.45, 7) is 0.648. The van der Waals surface area contributed by atoms with E-state index in [2.05, 4.69) is 23.5 Å². The number of fused-ring (bicyclic) bond motifs is 1. The predicted octanol–water partition coefficient (Wildman–Crippen LogP) is 3.96. The SMILES string of the molecule is O=C1CCC2(C(=O)NCCc3ccccc3)CCCC=C2N1C1CCCC1. The Morgan fingerprint density at radius 1 is 1.11 bits per heavy atom. The first-order valence-electron chi connectivity index (χ1n) is 10.6. The van der Waals surface area contributed by atoms with E-state index in [1.807, 2.05) is 23.1 Å². The van der Waals surface area contributed by atoms with E-state index in [1.165, 1.54) is 18.4 Å². The summed E-state index contributed by atoms with van der Waals surface area (Å²) >= 11 is 0. The summed E-state index contributed by atoms with van der Waals surface area (Å²) in [5.74, 6) is 0.350. The molecule has 1 aliphatic heterocycles. The van der Waals surface area contributed by atoms with E-state index in [4.69, 9.17) is 0 Å². The Bertz CT molecular complexity index is 721. The largest absolute Gasteiger partial charge is 0.355 e. The van der Waals surface area contributed by atoms with Crippen molar-refractivity contribution in [2.45, 2.75) is 70.3 Å². The lowest BCUT2D eigenvalue weighted by Gasteiger charge is -2.48. The highest BCUT2D eigenvalue weighted by Gasteiger charge is 2.51. The Hall–Kier alpha value is -2.10. The third kappa shape index (κ3) is 3.54. The zero-order valence-corrected chi connectivity index (χ0v) is 16.1. The number of allylic oxidation sites excluding steroid dienone is 1. The molecule has 1 atom stereocenters. The second kappa shape index (κ2) is 7.87. The highest BCUT2D eigenvalue weighted by molar-refractivity contribution is 5.91. The van der Waals surface area contributed by atoms with Gasteiger partial charge in [0.15, 0.2) is 0 Å². The fourth-order valence-electron chi connectivity index (χ4n) is 5.16. The topological polar surface area (TPSA) is 49.4 Å². The summed E-state index contributed by atoms with van der Waals surface area (Å²) in [7, 11) is 0. The Morgan fingerprint density at radius 3 is 2.67 bits per heavy atom. The fraction of sp³-hybridized carbons (Fsp3) is 0.565. The molecule has 0 spiro atoms. The lowest BCUT2D eigenvalue weighted by molar-refractivity contribution is -0.142. The van der Waals surface area contributed by atoms with Gasteiger partial charge in [0.25, 0.3) is 0 Å². The number of benzene rings is 1. The summed E-state index contributed by atoms with van der Waals surface area (Å²) in [5, 5.41) is 3.20. The van der Waals surface area contributed by atoms with Crippen LogP contribution in [0.15, 0.2) is 42.1 Å². The number of carbonyl (C=O) groups excluding carboxylic acids is 2. The van der Waals surface area contributed by atoms with Crippen molar-refractivity contribution in [3.05, 3.63) is 47.7 Å². The average molecular weight is 367 g/mol. The number of amides is 2. The van der Waals surface area contributed by atoms with Crippen LogP contribution in [0, 0.1) is 5.41 Å². The molecule has 1 N–H and O–H groups in total. The first-order valence-corrected chi connectivity index (χ1v) is 10.6. The molecule has 1 heterocycles. The monoisotopic (exact) mass is 366 g/mol. The van der Waals surface area contributed by atoms with Crippen LogP contribution in [0.1, 0.15) is 63.4 Å². The standard InChI is InChI=1S/C23H30N2O2/c26-21-13-16-23(22(27)24-17-14-18-8-2-1-3-9-18)15-7-6-12-20(23)25(21)19-10-4-5-11-19/h1-3,8-9,12,19H,4-7,10-11,13-17H2,(H,24,27). The quantitative estimate of drug-likeness (QED) is 0.857. The molecule has 3 aliphatic rings. The molecule has 2 amide bonds. The third-order valence-electron chi connectivity index (χ3n) is 6.60. The smallest absolute Gasteiger partial charge is 0.232 e. The van der Waals surface area contributed by atoms with Crippen molar-refractivity contribution in [3.8, 4) is 0 Å². The Kier molecular flexibility index (Phi) is 5.33. The predicted molar refractivity (Wildman–Crippen MR) is 106 cm³/mol. The van der Waals surface area contributed by atoms with E-state index in [0.717, 1.165) is 44.2 Å². The van der Waals surface area contributed by atoms with E-state index in [1.54, 1.807) is 0 Å². The van der Waals surface area contributed by atoms with Crippen LogP contribution in [0.4, 0.5) is 0 Å². The van der Waals surface area contributed by atoms with Crippen LogP contribution in [0.5, 0.6) is 0 Å². The lowest BCUT2D eigenvalue weighted by Crippen LogP contribution is -2.55. The highest BCUT2D eigenvalue weighted by atomic mass is 16.2. The van der Waals surface area contributed by atoms with Gasteiger partial charge in [-0.05, 0) is 50.5 Å². The molecule has 1 aromatic carbocycles. The molecule has 1 unspecified atom stereocenters. The van der Waals surface area contributed by atoms with Gasteiger partial charge in [0.05, 0.1) is 5.41 Å². The number of piperidine rings is 1. The van der Waals surface area contributed by atoms with Crippen LogP contribution in [-0.4, -0.2) is 29.3 Å². The van der Waals surface area contributed by atoms with Crippen molar-refractivity contribution in [2.24, 2.45) is 5.41 Å². The number of carbonyl (C=O) groups is 2. The first kappa shape index (κ1) is 18.3. The van der Waals surface area contributed by atoms with Gasteiger partial charge in [-0.2, -0.15) is 0 Å². The minimum atomic E-state index is -0.495. The van der Waals surface area contributed by atoms with Gasteiger partial charge < -0.3 is 10.2 Å². The van der Waals surface area contributed by atoms with Gasteiger partial charge in [0, 0.05) is 24.7 Å².